The number of carbonyl (C=O) groups excluding carboxylic acids is 1. The van der Waals surface area contributed by atoms with Gasteiger partial charge in [-0.05, 0) is 60.2 Å². The van der Waals surface area contributed by atoms with E-state index in [1.807, 2.05) is 30.0 Å². The highest BCUT2D eigenvalue weighted by Gasteiger charge is 2.36. The highest BCUT2D eigenvalue weighted by atomic mass is 32.2. The molecule has 28 heavy (non-hydrogen) atoms. The van der Waals surface area contributed by atoms with E-state index in [1.165, 1.54) is 21.6 Å². The Hall–Kier alpha value is -2.52. The molecule has 1 N–H and O–H groups in total. The van der Waals surface area contributed by atoms with Crippen molar-refractivity contribution in [1.29, 1.82) is 0 Å². The zero-order valence-corrected chi connectivity index (χ0v) is 17.0. The number of thioether (sulfide) groups is 1. The van der Waals surface area contributed by atoms with Crippen LogP contribution in [0, 0.1) is 5.41 Å². The first-order valence-electron chi connectivity index (χ1n) is 9.77. The van der Waals surface area contributed by atoms with Crippen molar-refractivity contribution in [2.45, 2.75) is 36.8 Å². The van der Waals surface area contributed by atoms with Crippen molar-refractivity contribution in [3.63, 3.8) is 0 Å². The van der Waals surface area contributed by atoms with Gasteiger partial charge in [-0.3, -0.25) is 4.79 Å². The average Bonchev–Trinajstić information content (AvgIpc) is 2.74. The summed E-state index contributed by atoms with van der Waals surface area (Å²) >= 11 is 1.81. The molecular weight excluding hydrogens is 362 g/mol. The largest absolute Gasteiger partial charge is 0.326 e. The van der Waals surface area contributed by atoms with Crippen LogP contribution in [0.1, 0.15) is 30.0 Å². The maximum atomic E-state index is 13.0. The van der Waals surface area contributed by atoms with Crippen LogP contribution in [0.25, 0.3) is 0 Å². The topological polar surface area (TPSA) is 29.1 Å². The quantitative estimate of drug-likeness (QED) is 0.535. The van der Waals surface area contributed by atoms with Crippen molar-refractivity contribution in [2.24, 2.45) is 5.41 Å². The predicted octanol–water partition coefficient (Wildman–Crippen LogP) is 6.11. The minimum Gasteiger partial charge on any atom is -0.326 e. The van der Waals surface area contributed by atoms with Gasteiger partial charge in [-0.25, -0.2) is 0 Å². The van der Waals surface area contributed by atoms with Crippen LogP contribution in [-0.4, -0.2) is 5.91 Å². The minimum absolute atomic E-state index is 0.117. The molecule has 0 fully saturated rings. The monoisotopic (exact) mass is 387 g/mol. The Morgan fingerprint density at radius 1 is 0.929 bits per heavy atom. The van der Waals surface area contributed by atoms with Crippen LogP contribution in [0.4, 0.5) is 5.69 Å². The van der Waals surface area contributed by atoms with E-state index < -0.39 is 0 Å². The number of carbonyl (C=O) groups is 1. The summed E-state index contributed by atoms with van der Waals surface area (Å²) in [7, 11) is 0. The summed E-state index contributed by atoms with van der Waals surface area (Å²) in [5, 5.41) is 3.14. The van der Waals surface area contributed by atoms with Crippen LogP contribution >= 0.6 is 11.8 Å². The predicted molar refractivity (Wildman–Crippen MR) is 118 cm³/mol. The van der Waals surface area contributed by atoms with Crippen LogP contribution in [0.5, 0.6) is 0 Å². The van der Waals surface area contributed by atoms with Crippen molar-refractivity contribution in [1.82, 2.24) is 0 Å². The number of fused-ring (bicyclic) bond motifs is 1. The summed E-state index contributed by atoms with van der Waals surface area (Å²) < 4.78 is 0. The van der Waals surface area contributed by atoms with Gasteiger partial charge in [-0.1, -0.05) is 61.5 Å². The van der Waals surface area contributed by atoms with E-state index in [1.54, 1.807) is 0 Å². The second kappa shape index (κ2) is 8.24. The minimum atomic E-state index is -0.352. The third-order valence-corrected chi connectivity index (χ3v) is 6.64. The van der Waals surface area contributed by atoms with E-state index in [2.05, 4.69) is 72.9 Å². The molecule has 0 saturated heterocycles. The zero-order valence-electron chi connectivity index (χ0n) is 16.2. The third kappa shape index (κ3) is 4.31. The summed E-state index contributed by atoms with van der Waals surface area (Å²) in [5.41, 5.74) is 4.52. The normalized spacial score (nSPS) is 18.3. The van der Waals surface area contributed by atoms with E-state index in [9.17, 15) is 4.79 Å². The summed E-state index contributed by atoms with van der Waals surface area (Å²) in [6.45, 7) is 2.09. The molecule has 3 aromatic rings. The molecule has 0 heterocycles. The van der Waals surface area contributed by atoms with Gasteiger partial charge in [0.15, 0.2) is 0 Å². The fraction of sp³-hybridized carbons (Fsp3) is 0.240. The summed E-state index contributed by atoms with van der Waals surface area (Å²) in [6, 6.07) is 27.1. The van der Waals surface area contributed by atoms with Crippen LogP contribution in [0.3, 0.4) is 0 Å². The molecule has 0 saturated carbocycles. The smallest absolute Gasteiger partial charge is 0.230 e. The molecule has 3 aromatic carbocycles. The van der Waals surface area contributed by atoms with Gasteiger partial charge in [0.25, 0.3) is 0 Å². The third-order valence-electron chi connectivity index (χ3n) is 5.55. The Kier molecular flexibility index (Phi) is 5.54. The van der Waals surface area contributed by atoms with Crippen LogP contribution in [-0.2, 0) is 23.4 Å². The molecule has 1 atom stereocenters. The van der Waals surface area contributed by atoms with Crippen LogP contribution in [0.15, 0.2) is 83.8 Å². The molecule has 0 spiro atoms. The second-order valence-electron chi connectivity index (χ2n) is 7.76. The van der Waals surface area contributed by atoms with Gasteiger partial charge in [-0.2, -0.15) is 0 Å². The van der Waals surface area contributed by atoms with E-state index in [4.69, 9.17) is 0 Å². The molecule has 2 nitrogen and oxygen atoms in total. The van der Waals surface area contributed by atoms with E-state index >= 15 is 0 Å². The van der Waals surface area contributed by atoms with Crippen molar-refractivity contribution in [2.75, 3.05) is 5.32 Å². The van der Waals surface area contributed by atoms with Gasteiger partial charge >= 0.3 is 0 Å². The van der Waals surface area contributed by atoms with Gasteiger partial charge in [0, 0.05) is 16.3 Å². The molecule has 0 radical (unpaired) electrons. The molecule has 1 aliphatic carbocycles. The molecule has 0 aromatic heterocycles. The fourth-order valence-electron chi connectivity index (χ4n) is 3.74. The molecule has 1 aliphatic rings. The Bertz CT molecular complexity index is 952. The lowest BCUT2D eigenvalue weighted by Gasteiger charge is -2.33. The maximum Gasteiger partial charge on any atom is 0.230 e. The highest BCUT2D eigenvalue weighted by molar-refractivity contribution is 7.98. The molecule has 1 unspecified atom stereocenters. The lowest BCUT2D eigenvalue weighted by atomic mass is 9.72. The number of hydrogen-bond acceptors (Lipinski definition) is 2. The SMILES string of the molecule is CC1(C(=O)Nc2ccc(SCc3ccccc3)cc2)CCc2ccccc2C1. The van der Waals surface area contributed by atoms with Crippen molar-refractivity contribution >= 4 is 23.4 Å². The number of benzene rings is 3. The first kappa shape index (κ1) is 18.8. The number of anilines is 1. The Balaban J connectivity index is 1.37. The number of hydrogen-bond donors (Lipinski definition) is 1. The molecule has 142 valence electrons. The molecule has 3 heteroatoms. The van der Waals surface area contributed by atoms with E-state index in [0.29, 0.717) is 0 Å². The van der Waals surface area contributed by atoms with Crippen molar-refractivity contribution < 1.29 is 4.79 Å². The maximum absolute atomic E-state index is 13.0. The van der Waals surface area contributed by atoms with E-state index in [0.717, 1.165) is 30.7 Å². The van der Waals surface area contributed by atoms with Crippen LogP contribution in [0.2, 0.25) is 0 Å². The Morgan fingerprint density at radius 2 is 1.61 bits per heavy atom. The molecule has 0 aliphatic heterocycles. The lowest BCUT2D eigenvalue weighted by molar-refractivity contribution is -0.125. The fourth-order valence-corrected chi connectivity index (χ4v) is 4.60. The first-order valence-corrected chi connectivity index (χ1v) is 10.8. The lowest BCUT2D eigenvalue weighted by Crippen LogP contribution is -2.38. The zero-order chi connectivity index (χ0) is 19.4. The van der Waals surface area contributed by atoms with Gasteiger partial charge < -0.3 is 5.32 Å². The van der Waals surface area contributed by atoms with Gasteiger partial charge in [0.2, 0.25) is 5.91 Å². The number of aryl methyl sites for hydroxylation is 1. The van der Waals surface area contributed by atoms with Crippen molar-refractivity contribution in [3.8, 4) is 0 Å². The van der Waals surface area contributed by atoms with Crippen LogP contribution < -0.4 is 5.32 Å². The number of nitrogens with one attached hydrogen (secondary N) is 1. The first-order chi connectivity index (χ1) is 13.6. The Labute approximate surface area is 171 Å². The van der Waals surface area contributed by atoms with Gasteiger partial charge in [-0.15, -0.1) is 11.8 Å². The summed E-state index contributed by atoms with van der Waals surface area (Å²) in [5.74, 6) is 1.07. The summed E-state index contributed by atoms with van der Waals surface area (Å²) in [6.07, 6.45) is 2.66. The molecule has 1 amide bonds. The van der Waals surface area contributed by atoms with Gasteiger partial charge in [0.1, 0.15) is 0 Å². The Morgan fingerprint density at radius 3 is 2.36 bits per heavy atom. The number of rotatable bonds is 5. The second-order valence-corrected chi connectivity index (χ2v) is 8.81. The van der Waals surface area contributed by atoms with Crippen molar-refractivity contribution in [3.05, 3.63) is 95.6 Å². The number of amides is 1. The average molecular weight is 388 g/mol. The molecular formula is C25H25NOS. The molecule has 0 bridgehead atoms. The molecule has 4 rings (SSSR count). The van der Waals surface area contributed by atoms with E-state index in [-0.39, 0.29) is 11.3 Å². The standard InChI is InChI=1S/C25H25NOS/c1-25(16-15-20-9-5-6-10-21(20)17-25)24(27)26-22-11-13-23(14-12-22)28-18-19-7-3-2-4-8-19/h2-14H,15-18H2,1H3,(H,26,27). The van der Waals surface area contributed by atoms with Gasteiger partial charge in [0.05, 0.1) is 5.41 Å². The summed E-state index contributed by atoms with van der Waals surface area (Å²) in [4.78, 5) is 14.2. The highest BCUT2D eigenvalue weighted by Crippen LogP contribution is 2.36.